The van der Waals surface area contributed by atoms with Crippen molar-refractivity contribution >= 4 is 16.6 Å². The van der Waals surface area contributed by atoms with Gasteiger partial charge in [0.25, 0.3) is 0 Å². The molecule has 0 aromatic carbocycles. The van der Waals surface area contributed by atoms with E-state index in [0.717, 1.165) is 17.8 Å². The van der Waals surface area contributed by atoms with Crippen LogP contribution in [0, 0.1) is 23.2 Å². The standard InChI is InChI=1S/C18H34NOSi2.Li/c1-20-22(5,6)19-17(13-21(2,3)4)18-10-14-7-15(11-18)9-16(8-14)12-18;/h13-16H,7-12H2,1-6H3;/q-1;+1/b17-13+;. The quantitative estimate of drug-likeness (QED) is 0.704. The molecule has 5 heteroatoms. The monoisotopic (exact) mass is 343 g/mol. The van der Waals surface area contributed by atoms with Gasteiger partial charge in [-0.25, -0.2) is 0 Å². The number of allylic oxidation sites excluding steroid dienone is 1. The molecule has 126 valence electrons. The molecule has 2 nitrogen and oxygen atoms in total. The molecule has 4 saturated carbocycles. The number of nitrogens with zero attached hydrogens (tertiary/aromatic N) is 1. The third-order valence-corrected chi connectivity index (χ3v) is 8.96. The van der Waals surface area contributed by atoms with Crippen molar-refractivity contribution < 1.29 is 23.3 Å². The molecule has 0 spiro atoms. The first kappa shape index (κ1) is 19.9. The maximum absolute atomic E-state index is 5.79. The van der Waals surface area contributed by atoms with Gasteiger partial charge in [-0.2, -0.15) is 5.70 Å². The molecule has 4 rings (SSSR count). The Morgan fingerprint density at radius 2 is 1.39 bits per heavy atom. The van der Waals surface area contributed by atoms with Crippen LogP contribution in [0.2, 0.25) is 32.7 Å². The zero-order valence-corrected chi connectivity index (χ0v) is 18.4. The first-order chi connectivity index (χ1) is 10.1. The van der Waals surface area contributed by atoms with Gasteiger partial charge in [0.1, 0.15) is 0 Å². The molecule has 4 fully saturated rings. The van der Waals surface area contributed by atoms with Crippen molar-refractivity contribution in [1.29, 1.82) is 0 Å². The van der Waals surface area contributed by atoms with E-state index in [9.17, 15) is 0 Å². The Morgan fingerprint density at radius 1 is 0.957 bits per heavy atom. The number of hydrogen-bond donors (Lipinski definition) is 0. The van der Waals surface area contributed by atoms with Crippen LogP contribution in [0.4, 0.5) is 0 Å². The topological polar surface area (TPSA) is 23.3 Å². The predicted molar refractivity (Wildman–Crippen MR) is 99.9 cm³/mol. The van der Waals surface area contributed by atoms with Crippen molar-refractivity contribution in [3.63, 3.8) is 0 Å². The third kappa shape index (κ3) is 4.39. The van der Waals surface area contributed by atoms with E-state index >= 15 is 0 Å². The second-order valence-corrected chi connectivity index (χ2v) is 18.4. The van der Waals surface area contributed by atoms with Crippen LogP contribution >= 0.6 is 0 Å². The molecule has 0 aliphatic heterocycles. The molecule has 4 aliphatic rings. The second kappa shape index (κ2) is 6.68. The summed E-state index contributed by atoms with van der Waals surface area (Å²) in [6.45, 7) is 11.8. The second-order valence-electron chi connectivity index (χ2n) is 9.86. The molecule has 0 amide bonds. The minimum Gasteiger partial charge on any atom is -0.669 e. The molecule has 0 heterocycles. The van der Waals surface area contributed by atoms with E-state index in [-0.39, 0.29) is 18.9 Å². The van der Waals surface area contributed by atoms with Crippen LogP contribution in [0.3, 0.4) is 0 Å². The zero-order valence-electron chi connectivity index (χ0n) is 16.4. The molecule has 0 unspecified atom stereocenters. The smallest absolute Gasteiger partial charge is 0.669 e. The van der Waals surface area contributed by atoms with E-state index in [1.165, 1.54) is 44.2 Å². The summed E-state index contributed by atoms with van der Waals surface area (Å²) in [7, 11) is -1.34. The molecule has 0 N–H and O–H groups in total. The van der Waals surface area contributed by atoms with Gasteiger partial charge in [0.15, 0.2) is 0 Å². The van der Waals surface area contributed by atoms with E-state index in [2.05, 4.69) is 38.4 Å². The summed E-state index contributed by atoms with van der Waals surface area (Å²) in [4.78, 5) is 5.31. The van der Waals surface area contributed by atoms with Gasteiger partial charge in [-0.15, -0.1) is 5.70 Å². The molecular formula is C18H34LiNOSi2. The van der Waals surface area contributed by atoms with Crippen LogP contribution in [0.1, 0.15) is 38.5 Å². The van der Waals surface area contributed by atoms with E-state index in [1.54, 1.807) is 0 Å². The molecule has 4 bridgehead atoms. The zero-order chi connectivity index (χ0) is 16.2. The summed E-state index contributed by atoms with van der Waals surface area (Å²) < 4.78 is 5.79. The minimum absolute atomic E-state index is 0. The maximum atomic E-state index is 5.79. The molecule has 0 radical (unpaired) electrons. The van der Waals surface area contributed by atoms with Gasteiger partial charge in [-0.3, -0.25) is 0 Å². The fraction of sp³-hybridized carbons (Fsp3) is 0.889. The molecular weight excluding hydrogens is 309 g/mol. The number of hydrogen-bond acceptors (Lipinski definition) is 1. The van der Waals surface area contributed by atoms with Crippen LogP contribution in [-0.4, -0.2) is 23.7 Å². The molecule has 23 heavy (non-hydrogen) atoms. The van der Waals surface area contributed by atoms with E-state index in [4.69, 9.17) is 9.41 Å². The molecule has 0 aromatic heterocycles. The van der Waals surface area contributed by atoms with Gasteiger partial charge in [0.05, 0.1) is 16.6 Å². The summed E-state index contributed by atoms with van der Waals surface area (Å²) in [5.74, 6) is 2.96. The SMILES string of the molecule is CO[Si](C)(C)[N-]/C(=C/[Si](C)(C)C)C12CC3CC(CC(C3)C1)C2.[Li+]. The van der Waals surface area contributed by atoms with Crippen molar-refractivity contribution in [2.75, 3.05) is 7.11 Å². The van der Waals surface area contributed by atoms with Crippen LogP contribution < -0.4 is 18.9 Å². The Kier molecular flexibility index (Phi) is 5.77. The minimum atomic E-state index is -1.91. The van der Waals surface area contributed by atoms with Crippen molar-refractivity contribution in [1.82, 2.24) is 0 Å². The largest absolute Gasteiger partial charge is 1.00 e. The van der Waals surface area contributed by atoms with Crippen LogP contribution in [-0.2, 0) is 4.43 Å². The van der Waals surface area contributed by atoms with Gasteiger partial charge >= 0.3 is 18.9 Å². The average molecular weight is 344 g/mol. The third-order valence-electron chi connectivity index (χ3n) is 6.04. The predicted octanol–water partition coefficient (Wildman–Crippen LogP) is 2.69. The molecule has 0 saturated heterocycles. The van der Waals surface area contributed by atoms with Gasteiger partial charge in [-0.1, -0.05) is 32.7 Å². The van der Waals surface area contributed by atoms with Gasteiger partial charge in [0, 0.05) is 7.11 Å². The van der Waals surface area contributed by atoms with Crippen molar-refractivity contribution in [3.05, 3.63) is 16.4 Å². The Hall–Kier alpha value is 0.531. The molecule has 4 aliphatic carbocycles. The van der Waals surface area contributed by atoms with E-state index in [0.29, 0.717) is 5.41 Å². The summed E-state index contributed by atoms with van der Waals surface area (Å²) >= 11 is 0. The Balaban J connectivity index is 0.00000192. The summed E-state index contributed by atoms with van der Waals surface area (Å²) in [6.07, 6.45) is 8.74. The number of rotatable bonds is 5. The fourth-order valence-electron chi connectivity index (χ4n) is 5.47. The normalized spacial score (nSPS) is 36.8. The van der Waals surface area contributed by atoms with Gasteiger partial charge in [-0.05, 0) is 61.7 Å². The van der Waals surface area contributed by atoms with E-state index in [1.807, 2.05) is 7.11 Å². The summed E-state index contributed by atoms with van der Waals surface area (Å²) in [5, 5.41) is 0. The van der Waals surface area contributed by atoms with Crippen LogP contribution in [0.5, 0.6) is 0 Å². The Bertz CT molecular complexity index is 435. The van der Waals surface area contributed by atoms with Crippen LogP contribution in [0.15, 0.2) is 11.4 Å². The van der Waals surface area contributed by atoms with Gasteiger partial charge in [0.2, 0.25) is 0 Å². The van der Waals surface area contributed by atoms with Crippen molar-refractivity contribution in [2.45, 2.75) is 71.3 Å². The van der Waals surface area contributed by atoms with E-state index < -0.39 is 16.6 Å². The average Bonchev–Trinajstić information content (AvgIpc) is 2.34. The Morgan fingerprint density at radius 3 is 1.74 bits per heavy atom. The van der Waals surface area contributed by atoms with Crippen LogP contribution in [0.25, 0.3) is 4.98 Å². The van der Waals surface area contributed by atoms with Gasteiger partial charge < -0.3 is 9.41 Å². The summed E-state index contributed by atoms with van der Waals surface area (Å²) in [5.41, 5.74) is 4.51. The summed E-state index contributed by atoms with van der Waals surface area (Å²) in [6, 6.07) is 0. The fourth-order valence-corrected chi connectivity index (χ4v) is 7.77. The Labute approximate surface area is 157 Å². The molecule has 0 aromatic rings. The maximum Gasteiger partial charge on any atom is 1.00 e. The van der Waals surface area contributed by atoms with Crippen molar-refractivity contribution in [2.24, 2.45) is 23.2 Å². The molecule has 0 atom stereocenters. The first-order valence-corrected chi connectivity index (χ1v) is 15.6. The van der Waals surface area contributed by atoms with Crippen molar-refractivity contribution in [3.8, 4) is 0 Å². The first-order valence-electron chi connectivity index (χ1n) is 9.12.